The second-order valence-electron chi connectivity index (χ2n) is 8.79. The van der Waals surface area contributed by atoms with Gasteiger partial charge in [0.15, 0.2) is 5.96 Å². The van der Waals surface area contributed by atoms with Crippen LogP contribution < -0.4 is 15.5 Å². The molecule has 29 heavy (non-hydrogen) atoms. The van der Waals surface area contributed by atoms with Crippen LogP contribution in [0.25, 0.3) is 0 Å². The monoisotopic (exact) mass is 401 g/mol. The van der Waals surface area contributed by atoms with Crippen molar-refractivity contribution in [2.75, 3.05) is 57.8 Å². The number of rotatable bonds is 6. The summed E-state index contributed by atoms with van der Waals surface area (Å²) in [7, 11) is 2.18. The van der Waals surface area contributed by atoms with Crippen molar-refractivity contribution in [1.82, 2.24) is 25.4 Å². The molecule has 162 valence electrons. The summed E-state index contributed by atoms with van der Waals surface area (Å²) in [5.41, 5.74) is 1.14. The molecule has 0 saturated carbocycles. The molecule has 7 nitrogen and oxygen atoms in total. The standard InChI is InChI=1S/C22H39N7/c1-6-23-22(26-20-16-29(17(2)3)15-18(20)4)25-14-19-7-8-21(24-13-19)28-11-9-27(5)10-12-28/h7-8,13,17-18,20H,6,9-12,14-16H2,1-5H3,(H2,23,25,26). The SMILES string of the molecule is CCNC(=NCc1ccc(N2CCN(C)CC2)nc1)NC1CN(C(C)C)CC1C. The zero-order valence-electron chi connectivity index (χ0n) is 18.9. The molecular weight excluding hydrogens is 362 g/mol. The van der Waals surface area contributed by atoms with Crippen molar-refractivity contribution in [2.24, 2.45) is 10.9 Å². The normalized spacial score (nSPS) is 24.3. The molecule has 0 bridgehead atoms. The quantitative estimate of drug-likeness (QED) is 0.558. The number of hydrogen-bond acceptors (Lipinski definition) is 5. The number of likely N-dealkylation sites (tertiary alicyclic amines) is 1. The van der Waals surface area contributed by atoms with Gasteiger partial charge in [-0.25, -0.2) is 9.98 Å². The molecule has 2 aliphatic heterocycles. The van der Waals surface area contributed by atoms with E-state index in [9.17, 15) is 0 Å². The van der Waals surface area contributed by atoms with Crippen molar-refractivity contribution in [1.29, 1.82) is 0 Å². The summed E-state index contributed by atoms with van der Waals surface area (Å²) >= 11 is 0. The van der Waals surface area contributed by atoms with Gasteiger partial charge in [-0.3, -0.25) is 4.90 Å². The number of pyridine rings is 1. The Morgan fingerprint density at radius 1 is 1.21 bits per heavy atom. The fraction of sp³-hybridized carbons (Fsp3) is 0.727. The second kappa shape index (κ2) is 10.3. The Morgan fingerprint density at radius 3 is 2.55 bits per heavy atom. The van der Waals surface area contributed by atoms with E-state index in [1.807, 2.05) is 6.20 Å². The van der Waals surface area contributed by atoms with Gasteiger partial charge in [0.05, 0.1) is 6.54 Å². The third-order valence-corrected chi connectivity index (χ3v) is 6.09. The van der Waals surface area contributed by atoms with Gasteiger partial charge in [0.1, 0.15) is 5.82 Å². The highest BCUT2D eigenvalue weighted by atomic mass is 15.3. The largest absolute Gasteiger partial charge is 0.357 e. The van der Waals surface area contributed by atoms with Gasteiger partial charge in [-0.1, -0.05) is 13.0 Å². The van der Waals surface area contributed by atoms with Crippen LogP contribution in [0.1, 0.15) is 33.3 Å². The molecule has 2 fully saturated rings. The van der Waals surface area contributed by atoms with Gasteiger partial charge in [-0.2, -0.15) is 0 Å². The van der Waals surface area contributed by atoms with Gasteiger partial charge in [-0.15, -0.1) is 0 Å². The first-order valence-electron chi connectivity index (χ1n) is 11.1. The molecule has 0 aliphatic carbocycles. The first-order valence-corrected chi connectivity index (χ1v) is 11.1. The molecule has 2 N–H and O–H groups in total. The summed E-state index contributed by atoms with van der Waals surface area (Å²) < 4.78 is 0. The molecule has 0 aromatic carbocycles. The lowest BCUT2D eigenvalue weighted by Crippen LogP contribution is -2.46. The maximum absolute atomic E-state index is 4.82. The molecule has 0 radical (unpaired) electrons. The predicted molar refractivity (Wildman–Crippen MR) is 122 cm³/mol. The Hall–Kier alpha value is -1.86. The topological polar surface area (TPSA) is 59.0 Å². The van der Waals surface area contributed by atoms with Crippen LogP contribution in [0.5, 0.6) is 0 Å². The molecule has 3 heterocycles. The van der Waals surface area contributed by atoms with Crippen LogP contribution in [-0.2, 0) is 6.54 Å². The number of anilines is 1. The molecule has 0 spiro atoms. The zero-order chi connectivity index (χ0) is 20.8. The van der Waals surface area contributed by atoms with E-state index in [2.05, 4.69) is 77.2 Å². The molecular formula is C22H39N7. The predicted octanol–water partition coefficient (Wildman–Crippen LogP) is 1.62. The summed E-state index contributed by atoms with van der Waals surface area (Å²) in [5, 5.41) is 7.05. The van der Waals surface area contributed by atoms with E-state index in [1.54, 1.807) is 0 Å². The van der Waals surface area contributed by atoms with Crippen LogP contribution in [0.2, 0.25) is 0 Å². The van der Waals surface area contributed by atoms with E-state index in [-0.39, 0.29) is 0 Å². The Labute approximate surface area is 176 Å². The number of aromatic nitrogens is 1. The van der Waals surface area contributed by atoms with Crippen LogP contribution in [0, 0.1) is 5.92 Å². The van der Waals surface area contributed by atoms with Crippen molar-refractivity contribution in [2.45, 2.75) is 46.3 Å². The highest BCUT2D eigenvalue weighted by Gasteiger charge is 2.31. The summed E-state index contributed by atoms with van der Waals surface area (Å²) in [5.74, 6) is 2.59. The number of nitrogens with zero attached hydrogens (tertiary/aromatic N) is 5. The number of hydrogen-bond donors (Lipinski definition) is 2. The third kappa shape index (κ3) is 6.06. The van der Waals surface area contributed by atoms with Crippen LogP contribution in [0.4, 0.5) is 5.82 Å². The minimum atomic E-state index is 0.438. The van der Waals surface area contributed by atoms with Gasteiger partial charge < -0.3 is 20.4 Å². The van der Waals surface area contributed by atoms with Crippen molar-refractivity contribution < 1.29 is 0 Å². The molecule has 7 heteroatoms. The highest BCUT2D eigenvalue weighted by molar-refractivity contribution is 5.80. The fourth-order valence-electron chi connectivity index (χ4n) is 4.01. The second-order valence-corrected chi connectivity index (χ2v) is 8.79. The lowest BCUT2D eigenvalue weighted by Gasteiger charge is -2.33. The maximum atomic E-state index is 4.82. The Kier molecular flexibility index (Phi) is 7.72. The number of likely N-dealkylation sites (N-methyl/N-ethyl adjacent to an activating group) is 1. The molecule has 3 rings (SSSR count). The molecule has 2 atom stereocenters. The van der Waals surface area contributed by atoms with Crippen LogP contribution >= 0.6 is 0 Å². The minimum Gasteiger partial charge on any atom is -0.357 e. The van der Waals surface area contributed by atoms with E-state index in [4.69, 9.17) is 4.99 Å². The number of guanidine groups is 1. The van der Waals surface area contributed by atoms with Crippen LogP contribution in [0.15, 0.2) is 23.3 Å². The average Bonchev–Trinajstić information content (AvgIpc) is 3.08. The Morgan fingerprint density at radius 2 is 1.97 bits per heavy atom. The van der Waals surface area contributed by atoms with Crippen LogP contribution in [0.3, 0.4) is 0 Å². The third-order valence-electron chi connectivity index (χ3n) is 6.09. The summed E-state index contributed by atoms with van der Waals surface area (Å²) in [6.07, 6.45) is 1.97. The zero-order valence-corrected chi connectivity index (χ0v) is 18.9. The van der Waals surface area contributed by atoms with Crippen LogP contribution in [-0.4, -0.2) is 85.7 Å². The smallest absolute Gasteiger partial charge is 0.191 e. The molecule has 2 saturated heterocycles. The summed E-state index contributed by atoms with van der Waals surface area (Å²) in [6.45, 7) is 17.0. The van der Waals surface area contributed by atoms with E-state index in [1.165, 1.54) is 0 Å². The number of nitrogens with one attached hydrogen (secondary N) is 2. The van der Waals surface area contributed by atoms with Gasteiger partial charge in [0, 0.05) is 64.1 Å². The lowest BCUT2D eigenvalue weighted by molar-refractivity contribution is 0.265. The molecule has 2 aliphatic rings. The molecule has 1 aromatic rings. The average molecular weight is 402 g/mol. The van der Waals surface area contributed by atoms with E-state index in [0.717, 1.165) is 63.2 Å². The lowest BCUT2D eigenvalue weighted by atomic mass is 10.1. The first-order chi connectivity index (χ1) is 14.0. The molecule has 1 aromatic heterocycles. The minimum absolute atomic E-state index is 0.438. The van der Waals surface area contributed by atoms with E-state index in [0.29, 0.717) is 24.5 Å². The van der Waals surface area contributed by atoms with Gasteiger partial charge in [0.25, 0.3) is 0 Å². The van der Waals surface area contributed by atoms with Crippen molar-refractivity contribution >= 4 is 11.8 Å². The summed E-state index contributed by atoms with van der Waals surface area (Å²) in [4.78, 5) is 16.8. The van der Waals surface area contributed by atoms with E-state index < -0.39 is 0 Å². The first kappa shape index (κ1) is 21.8. The van der Waals surface area contributed by atoms with Crippen molar-refractivity contribution in [3.8, 4) is 0 Å². The van der Waals surface area contributed by atoms with Gasteiger partial charge >= 0.3 is 0 Å². The molecule has 2 unspecified atom stereocenters. The van der Waals surface area contributed by atoms with E-state index >= 15 is 0 Å². The van der Waals surface area contributed by atoms with Gasteiger partial charge in [-0.05, 0) is 45.4 Å². The Bertz CT molecular complexity index is 650. The maximum Gasteiger partial charge on any atom is 0.191 e. The van der Waals surface area contributed by atoms with Crippen molar-refractivity contribution in [3.05, 3.63) is 23.9 Å². The summed E-state index contributed by atoms with van der Waals surface area (Å²) in [6, 6.07) is 5.32. The molecule has 0 amide bonds. The van der Waals surface area contributed by atoms with Gasteiger partial charge in [0.2, 0.25) is 0 Å². The van der Waals surface area contributed by atoms with Crippen molar-refractivity contribution in [3.63, 3.8) is 0 Å². The number of aliphatic imine (C=N–C) groups is 1. The number of piperazine rings is 1. The fourth-order valence-corrected chi connectivity index (χ4v) is 4.01. The highest BCUT2D eigenvalue weighted by Crippen LogP contribution is 2.19. The Balaban J connectivity index is 1.57.